The Labute approximate surface area is 162 Å². The lowest BCUT2D eigenvalue weighted by Gasteiger charge is -2.32. The van der Waals surface area contributed by atoms with Gasteiger partial charge in [-0.2, -0.15) is 0 Å². The van der Waals surface area contributed by atoms with E-state index in [2.05, 4.69) is 15.3 Å². The molecule has 3 aromatic rings. The van der Waals surface area contributed by atoms with Gasteiger partial charge in [-0.3, -0.25) is 4.40 Å². The zero-order valence-electron chi connectivity index (χ0n) is 16.0. The lowest BCUT2D eigenvalue weighted by atomic mass is 9.91. The first kappa shape index (κ1) is 18.7. The maximum Gasteiger partial charge on any atom is 0.267 e. The summed E-state index contributed by atoms with van der Waals surface area (Å²) in [6.45, 7) is 3.94. The summed E-state index contributed by atoms with van der Waals surface area (Å²) in [5, 5.41) is 2.94. The molecule has 1 saturated carbocycles. The number of halogens is 2. The summed E-state index contributed by atoms with van der Waals surface area (Å²) in [4.78, 5) is 8.99. The number of imidazole rings is 1. The first-order chi connectivity index (χ1) is 13.4. The predicted octanol–water partition coefficient (Wildman–Crippen LogP) is 5.17. The van der Waals surface area contributed by atoms with Crippen LogP contribution in [0.2, 0.25) is 0 Å². The molecule has 28 heavy (non-hydrogen) atoms. The maximum absolute atomic E-state index is 14.1. The summed E-state index contributed by atoms with van der Waals surface area (Å²) >= 11 is 0. The zero-order valence-corrected chi connectivity index (χ0v) is 16.0. The average molecular weight is 386 g/mol. The highest BCUT2D eigenvalue weighted by Crippen LogP contribution is 2.35. The van der Waals surface area contributed by atoms with Gasteiger partial charge in [-0.25, -0.2) is 18.7 Å². The number of aromatic nitrogens is 3. The molecule has 1 aliphatic carbocycles. The molecule has 0 aliphatic heterocycles. The van der Waals surface area contributed by atoms with Crippen LogP contribution in [0.4, 0.5) is 14.6 Å². The van der Waals surface area contributed by atoms with Crippen molar-refractivity contribution < 1.29 is 13.5 Å². The monoisotopic (exact) mass is 386 g/mol. The van der Waals surface area contributed by atoms with Gasteiger partial charge in [0, 0.05) is 18.7 Å². The highest BCUT2D eigenvalue weighted by atomic mass is 19.3. The van der Waals surface area contributed by atoms with Crippen molar-refractivity contribution in [2.75, 3.05) is 5.32 Å². The number of fused-ring (bicyclic) bond motifs is 1. The van der Waals surface area contributed by atoms with Crippen molar-refractivity contribution in [3.63, 3.8) is 0 Å². The third-order valence-electron chi connectivity index (χ3n) is 4.95. The number of rotatable bonds is 5. The number of hydrogen-bond donors (Lipinski definition) is 1. The van der Waals surface area contributed by atoms with E-state index >= 15 is 0 Å². The Morgan fingerprint density at radius 1 is 1.25 bits per heavy atom. The summed E-state index contributed by atoms with van der Waals surface area (Å²) in [5.41, 5.74) is 2.21. The van der Waals surface area contributed by atoms with E-state index in [0.717, 1.165) is 23.5 Å². The molecule has 0 aromatic carbocycles. The van der Waals surface area contributed by atoms with E-state index in [1.165, 1.54) is 0 Å². The highest BCUT2D eigenvalue weighted by Gasteiger charge is 2.41. The normalized spacial score (nSPS) is 19.1. The van der Waals surface area contributed by atoms with E-state index in [-0.39, 0.29) is 12.5 Å². The van der Waals surface area contributed by atoms with Crippen LogP contribution in [0.1, 0.15) is 39.5 Å². The standard InChI is InChI=1S/C21H24F2N4O/c1-14(2)28-15-9-11-27-17(13-24-20(27)12-15)16-6-5-8-19(25-16)26-18-7-3-4-10-21(18,22)23/h5-6,8-9,11-14,18H,3-4,7,10H2,1-2H3,(H,25,26)/t18-/m0/s1. The van der Waals surface area contributed by atoms with Gasteiger partial charge in [-0.05, 0) is 44.9 Å². The molecule has 0 radical (unpaired) electrons. The molecule has 148 valence electrons. The van der Waals surface area contributed by atoms with Crippen LogP contribution in [0.15, 0.2) is 42.7 Å². The Hall–Kier alpha value is -2.70. The van der Waals surface area contributed by atoms with E-state index in [9.17, 15) is 8.78 Å². The van der Waals surface area contributed by atoms with Crippen LogP contribution in [-0.4, -0.2) is 32.4 Å². The molecule has 0 spiro atoms. The molecule has 4 rings (SSSR count). The average Bonchev–Trinajstić information content (AvgIpc) is 3.06. The molecule has 0 bridgehead atoms. The minimum Gasteiger partial charge on any atom is -0.491 e. The van der Waals surface area contributed by atoms with Crippen molar-refractivity contribution in [2.45, 2.75) is 57.6 Å². The van der Waals surface area contributed by atoms with Crippen LogP contribution in [0.25, 0.3) is 17.0 Å². The lowest BCUT2D eigenvalue weighted by Crippen LogP contribution is -2.42. The zero-order chi connectivity index (χ0) is 19.7. The van der Waals surface area contributed by atoms with Crippen molar-refractivity contribution >= 4 is 11.5 Å². The van der Waals surface area contributed by atoms with E-state index in [1.54, 1.807) is 12.3 Å². The van der Waals surface area contributed by atoms with Gasteiger partial charge < -0.3 is 10.1 Å². The number of nitrogens with zero attached hydrogens (tertiary/aromatic N) is 3. The number of anilines is 1. The van der Waals surface area contributed by atoms with Gasteiger partial charge in [-0.1, -0.05) is 12.5 Å². The smallest absolute Gasteiger partial charge is 0.267 e. The first-order valence-corrected chi connectivity index (χ1v) is 9.68. The van der Waals surface area contributed by atoms with Gasteiger partial charge >= 0.3 is 0 Å². The lowest BCUT2D eigenvalue weighted by molar-refractivity contribution is -0.0449. The molecule has 0 amide bonds. The predicted molar refractivity (Wildman–Crippen MR) is 105 cm³/mol. The van der Waals surface area contributed by atoms with Crippen molar-refractivity contribution in [1.82, 2.24) is 14.4 Å². The Balaban J connectivity index is 1.60. The van der Waals surface area contributed by atoms with Crippen molar-refractivity contribution in [3.8, 4) is 17.1 Å². The van der Waals surface area contributed by atoms with Crippen LogP contribution in [-0.2, 0) is 0 Å². The Morgan fingerprint density at radius 3 is 2.89 bits per heavy atom. The Bertz CT molecular complexity index is 970. The summed E-state index contributed by atoms with van der Waals surface area (Å²) < 4.78 is 35.9. The fourth-order valence-electron chi connectivity index (χ4n) is 3.61. The van der Waals surface area contributed by atoms with Crippen LogP contribution in [0.3, 0.4) is 0 Å². The molecule has 1 aliphatic rings. The number of alkyl halides is 2. The molecule has 0 saturated heterocycles. The van der Waals surface area contributed by atoms with Gasteiger partial charge in [0.25, 0.3) is 5.92 Å². The number of pyridine rings is 2. The summed E-state index contributed by atoms with van der Waals surface area (Å²) in [6, 6.07) is 8.28. The fourth-order valence-corrected chi connectivity index (χ4v) is 3.61. The van der Waals surface area contributed by atoms with Crippen molar-refractivity contribution in [1.29, 1.82) is 0 Å². The molecule has 1 N–H and O–H groups in total. The quantitative estimate of drug-likeness (QED) is 0.657. The van der Waals surface area contributed by atoms with Gasteiger partial charge in [0.05, 0.1) is 29.7 Å². The van der Waals surface area contributed by atoms with Crippen LogP contribution >= 0.6 is 0 Å². The van der Waals surface area contributed by atoms with E-state index < -0.39 is 12.0 Å². The molecule has 1 fully saturated rings. The molecular weight excluding hydrogens is 362 g/mol. The highest BCUT2D eigenvalue weighted by molar-refractivity contribution is 5.63. The second-order valence-corrected chi connectivity index (χ2v) is 7.51. The van der Waals surface area contributed by atoms with Crippen LogP contribution in [0.5, 0.6) is 5.75 Å². The van der Waals surface area contributed by atoms with Gasteiger partial charge in [0.2, 0.25) is 0 Å². The SMILES string of the molecule is CC(C)Oc1ccn2c(-c3cccc(N[C@H]4CCCCC4(F)F)n3)cnc2c1. The maximum atomic E-state index is 14.1. The van der Waals surface area contributed by atoms with E-state index in [1.807, 2.05) is 48.7 Å². The summed E-state index contributed by atoms with van der Waals surface area (Å²) in [6.07, 6.45) is 5.46. The van der Waals surface area contributed by atoms with Crippen molar-refractivity contribution in [3.05, 3.63) is 42.7 Å². The van der Waals surface area contributed by atoms with Gasteiger partial charge in [-0.15, -0.1) is 0 Å². The summed E-state index contributed by atoms with van der Waals surface area (Å²) in [5.74, 6) is -1.49. The van der Waals surface area contributed by atoms with Crippen molar-refractivity contribution in [2.24, 2.45) is 0 Å². The topological polar surface area (TPSA) is 51.5 Å². The molecule has 5 nitrogen and oxygen atoms in total. The minimum absolute atomic E-state index is 0.0710. The largest absolute Gasteiger partial charge is 0.491 e. The van der Waals surface area contributed by atoms with Gasteiger partial charge in [0.1, 0.15) is 17.2 Å². The first-order valence-electron chi connectivity index (χ1n) is 9.68. The number of ether oxygens (including phenoxy) is 1. The molecule has 0 unspecified atom stereocenters. The molecular formula is C21H24F2N4O. The Kier molecular flexibility index (Phi) is 4.91. The van der Waals surface area contributed by atoms with E-state index in [0.29, 0.717) is 24.4 Å². The molecule has 7 heteroatoms. The fraction of sp³-hybridized carbons (Fsp3) is 0.429. The second-order valence-electron chi connectivity index (χ2n) is 7.51. The number of nitrogens with one attached hydrogen (secondary N) is 1. The molecule has 3 heterocycles. The van der Waals surface area contributed by atoms with Crippen LogP contribution in [0, 0.1) is 0 Å². The van der Waals surface area contributed by atoms with Gasteiger partial charge in [0.15, 0.2) is 0 Å². The van der Waals surface area contributed by atoms with E-state index in [4.69, 9.17) is 4.74 Å². The minimum atomic E-state index is -2.70. The second kappa shape index (κ2) is 7.37. The molecule has 3 aromatic heterocycles. The molecule has 1 atom stereocenters. The number of hydrogen-bond acceptors (Lipinski definition) is 4. The summed E-state index contributed by atoms with van der Waals surface area (Å²) in [7, 11) is 0. The third kappa shape index (κ3) is 3.79. The van der Waals surface area contributed by atoms with Crippen LogP contribution < -0.4 is 10.1 Å². The third-order valence-corrected chi connectivity index (χ3v) is 4.95. The Morgan fingerprint density at radius 2 is 2.11 bits per heavy atom.